The molecular weight excluding hydrogens is 302 g/mol. The fourth-order valence-electron chi connectivity index (χ4n) is 1.79. The molecule has 0 aliphatic rings. The Labute approximate surface area is 122 Å². The first-order chi connectivity index (χ1) is 9.00. The predicted octanol–water partition coefficient (Wildman–Crippen LogP) is 3.43. The first kappa shape index (κ1) is 14.2. The highest BCUT2D eigenvalue weighted by molar-refractivity contribution is 9.10. The molecule has 0 unspecified atom stereocenters. The predicted molar refractivity (Wildman–Crippen MR) is 81.7 cm³/mol. The van der Waals surface area contributed by atoms with Crippen LogP contribution in [0.4, 0.5) is 0 Å². The SMILES string of the molecule is CC(C)(CN)Cc1nccc(-c2cccc(Br)c2)n1. The lowest BCUT2D eigenvalue weighted by Crippen LogP contribution is -2.26. The highest BCUT2D eigenvalue weighted by Gasteiger charge is 2.18. The number of hydrogen-bond donors (Lipinski definition) is 1. The lowest BCUT2D eigenvalue weighted by Gasteiger charge is -2.21. The second-order valence-electron chi connectivity index (χ2n) is 5.41. The molecule has 2 rings (SSSR count). The van der Waals surface area contributed by atoms with Gasteiger partial charge in [0, 0.05) is 22.7 Å². The second-order valence-corrected chi connectivity index (χ2v) is 6.33. The van der Waals surface area contributed by atoms with Gasteiger partial charge in [0.1, 0.15) is 5.82 Å². The summed E-state index contributed by atoms with van der Waals surface area (Å²) in [6.45, 7) is 4.88. The molecule has 19 heavy (non-hydrogen) atoms. The zero-order valence-corrected chi connectivity index (χ0v) is 12.8. The fourth-order valence-corrected chi connectivity index (χ4v) is 2.19. The molecule has 2 N–H and O–H groups in total. The summed E-state index contributed by atoms with van der Waals surface area (Å²) in [6, 6.07) is 10.0. The maximum absolute atomic E-state index is 5.76. The van der Waals surface area contributed by atoms with Crippen LogP contribution in [0.5, 0.6) is 0 Å². The van der Waals surface area contributed by atoms with Gasteiger partial charge in [0.05, 0.1) is 5.69 Å². The quantitative estimate of drug-likeness (QED) is 0.939. The van der Waals surface area contributed by atoms with Gasteiger partial charge >= 0.3 is 0 Å². The van der Waals surface area contributed by atoms with Crippen LogP contribution in [0.15, 0.2) is 41.0 Å². The molecule has 1 heterocycles. The molecule has 0 amide bonds. The Morgan fingerprint density at radius 2 is 2.05 bits per heavy atom. The van der Waals surface area contributed by atoms with E-state index in [9.17, 15) is 0 Å². The van der Waals surface area contributed by atoms with Gasteiger partial charge in [-0.15, -0.1) is 0 Å². The summed E-state index contributed by atoms with van der Waals surface area (Å²) in [4.78, 5) is 8.97. The summed E-state index contributed by atoms with van der Waals surface area (Å²) in [7, 11) is 0. The first-order valence-corrected chi connectivity index (χ1v) is 7.07. The number of hydrogen-bond acceptors (Lipinski definition) is 3. The van der Waals surface area contributed by atoms with Gasteiger partial charge < -0.3 is 5.73 Å². The monoisotopic (exact) mass is 319 g/mol. The van der Waals surface area contributed by atoms with Crippen LogP contribution in [0.2, 0.25) is 0 Å². The van der Waals surface area contributed by atoms with Gasteiger partial charge in [-0.1, -0.05) is 41.9 Å². The van der Waals surface area contributed by atoms with Crippen molar-refractivity contribution in [3.63, 3.8) is 0 Å². The average molecular weight is 320 g/mol. The molecule has 0 saturated carbocycles. The van der Waals surface area contributed by atoms with E-state index >= 15 is 0 Å². The molecule has 1 aromatic carbocycles. The molecule has 0 aliphatic heterocycles. The van der Waals surface area contributed by atoms with Crippen LogP contribution in [0.1, 0.15) is 19.7 Å². The number of nitrogens with zero attached hydrogens (tertiary/aromatic N) is 2. The Bertz CT molecular complexity index is 567. The van der Waals surface area contributed by atoms with Crippen molar-refractivity contribution >= 4 is 15.9 Å². The summed E-state index contributed by atoms with van der Waals surface area (Å²) in [6.07, 6.45) is 2.59. The van der Waals surface area contributed by atoms with Crippen LogP contribution >= 0.6 is 15.9 Å². The number of rotatable bonds is 4. The summed E-state index contributed by atoms with van der Waals surface area (Å²) in [5.74, 6) is 0.841. The molecule has 0 bridgehead atoms. The topological polar surface area (TPSA) is 51.8 Å². The van der Waals surface area contributed by atoms with Gasteiger partial charge in [-0.05, 0) is 30.2 Å². The van der Waals surface area contributed by atoms with E-state index in [0.717, 1.165) is 28.0 Å². The normalized spacial score (nSPS) is 11.6. The van der Waals surface area contributed by atoms with Crippen molar-refractivity contribution in [1.29, 1.82) is 0 Å². The standard InChI is InChI=1S/C15H18BrN3/c1-15(2,10-17)9-14-18-7-6-13(19-14)11-4-3-5-12(16)8-11/h3-8H,9-10,17H2,1-2H3. The van der Waals surface area contributed by atoms with Gasteiger partial charge in [-0.3, -0.25) is 0 Å². The summed E-state index contributed by atoms with van der Waals surface area (Å²) in [5, 5.41) is 0. The van der Waals surface area contributed by atoms with Gasteiger partial charge in [0.2, 0.25) is 0 Å². The molecule has 1 aromatic heterocycles. The van der Waals surface area contributed by atoms with Gasteiger partial charge in [0.25, 0.3) is 0 Å². The minimum absolute atomic E-state index is 0.0237. The summed E-state index contributed by atoms with van der Waals surface area (Å²) < 4.78 is 1.05. The molecule has 0 saturated heterocycles. The highest BCUT2D eigenvalue weighted by atomic mass is 79.9. The van der Waals surface area contributed by atoms with Crippen molar-refractivity contribution in [3.05, 3.63) is 46.8 Å². The van der Waals surface area contributed by atoms with Gasteiger partial charge in [-0.2, -0.15) is 0 Å². The molecule has 0 aliphatic carbocycles. The fraction of sp³-hybridized carbons (Fsp3) is 0.333. The number of aromatic nitrogens is 2. The van der Waals surface area contributed by atoms with Crippen molar-refractivity contribution in [2.45, 2.75) is 20.3 Å². The molecule has 4 heteroatoms. The molecule has 0 spiro atoms. The van der Waals surface area contributed by atoms with E-state index in [4.69, 9.17) is 5.73 Å². The Kier molecular flexibility index (Phi) is 4.32. The van der Waals surface area contributed by atoms with E-state index in [2.05, 4.69) is 45.8 Å². The molecule has 100 valence electrons. The Hall–Kier alpha value is -1.26. The minimum Gasteiger partial charge on any atom is -0.330 e. The van der Waals surface area contributed by atoms with E-state index < -0.39 is 0 Å². The average Bonchev–Trinajstić information content (AvgIpc) is 2.38. The number of halogens is 1. The maximum atomic E-state index is 5.76. The summed E-state index contributed by atoms with van der Waals surface area (Å²) >= 11 is 3.48. The van der Waals surface area contributed by atoms with E-state index in [1.54, 1.807) is 0 Å². The minimum atomic E-state index is 0.0237. The molecule has 0 radical (unpaired) electrons. The Morgan fingerprint density at radius 1 is 1.26 bits per heavy atom. The third-order valence-corrected chi connectivity index (χ3v) is 3.51. The van der Waals surface area contributed by atoms with Crippen molar-refractivity contribution in [2.24, 2.45) is 11.1 Å². The van der Waals surface area contributed by atoms with Gasteiger partial charge in [0.15, 0.2) is 0 Å². The van der Waals surface area contributed by atoms with Crippen molar-refractivity contribution in [3.8, 4) is 11.3 Å². The van der Waals surface area contributed by atoms with E-state index in [0.29, 0.717) is 6.54 Å². The largest absolute Gasteiger partial charge is 0.330 e. The molecule has 0 fully saturated rings. The van der Waals surface area contributed by atoms with E-state index in [1.807, 2.05) is 30.5 Å². The lowest BCUT2D eigenvalue weighted by atomic mass is 9.89. The van der Waals surface area contributed by atoms with Crippen molar-refractivity contribution in [2.75, 3.05) is 6.54 Å². The van der Waals surface area contributed by atoms with Crippen LogP contribution in [0.3, 0.4) is 0 Å². The first-order valence-electron chi connectivity index (χ1n) is 6.28. The zero-order chi connectivity index (χ0) is 13.9. The molecule has 0 atom stereocenters. The number of benzene rings is 1. The maximum Gasteiger partial charge on any atom is 0.129 e. The molecule has 3 nitrogen and oxygen atoms in total. The third-order valence-electron chi connectivity index (χ3n) is 3.02. The zero-order valence-electron chi connectivity index (χ0n) is 11.2. The van der Waals surface area contributed by atoms with Crippen molar-refractivity contribution in [1.82, 2.24) is 9.97 Å². The van der Waals surface area contributed by atoms with Crippen LogP contribution in [0, 0.1) is 5.41 Å². The van der Waals surface area contributed by atoms with Crippen LogP contribution < -0.4 is 5.73 Å². The van der Waals surface area contributed by atoms with Crippen LogP contribution in [-0.2, 0) is 6.42 Å². The Morgan fingerprint density at radius 3 is 2.74 bits per heavy atom. The molecular formula is C15H18BrN3. The summed E-state index contributed by atoms with van der Waals surface area (Å²) in [5.41, 5.74) is 7.82. The lowest BCUT2D eigenvalue weighted by molar-refractivity contribution is 0.368. The second kappa shape index (κ2) is 5.80. The third kappa shape index (κ3) is 3.85. The Balaban J connectivity index is 2.29. The van der Waals surface area contributed by atoms with E-state index in [-0.39, 0.29) is 5.41 Å². The van der Waals surface area contributed by atoms with Crippen LogP contribution in [-0.4, -0.2) is 16.5 Å². The van der Waals surface area contributed by atoms with Gasteiger partial charge in [-0.25, -0.2) is 9.97 Å². The highest BCUT2D eigenvalue weighted by Crippen LogP contribution is 2.23. The number of nitrogens with two attached hydrogens (primary N) is 1. The van der Waals surface area contributed by atoms with E-state index in [1.165, 1.54) is 0 Å². The smallest absolute Gasteiger partial charge is 0.129 e. The molecule has 2 aromatic rings. The van der Waals surface area contributed by atoms with Crippen LogP contribution in [0.25, 0.3) is 11.3 Å². The van der Waals surface area contributed by atoms with Crippen molar-refractivity contribution < 1.29 is 0 Å².